The standard InChI is InChI=1S/C13H21Cl/c1-10-7-8-12(14)9-13(10)11-5-3-2-4-6-11/h11-13H,1-9H2. The Morgan fingerprint density at radius 2 is 1.79 bits per heavy atom. The topological polar surface area (TPSA) is 0 Å². The van der Waals surface area contributed by atoms with Crippen LogP contribution in [0.2, 0.25) is 0 Å². The van der Waals surface area contributed by atoms with Crippen molar-refractivity contribution in [1.29, 1.82) is 0 Å². The molecule has 0 aromatic rings. The zero-order valence-corrected chi connectivity index (χ0v) is 9.73. The lowest BCUT2D eigenvalue weighted by Gasteiger charge is -2.36. The number of hydrogen-bond donors (Lipinski definition) is 0. The molecule has 0 saturated heterocycles. The van der Waals surface area contributed by atoms with E-state index in [0.717, 1.165) is 18.3 Å². The molecule has 0 aromatic carbocycles. The highest BCUT2D eigenvalue weighted by molar-refractivity contribution is 6.20. The summed E-state index contributed by atoms with van der Waals surface area (Å²) >= 11 is 6.25. The van der Waals surface area contributed by atoms with Crippen LogP contribution in [0.25, 0.3) is 0 Å². The van der Waals surface area contributed by atoms with Crippen molar-refractivity contribution in [3.8, 4) is 0 Å². The molecule has 2 atom stereocenters. The summed E-state index contributed by atoms with van der Waals surface area (Å²) in [6.45, 7) is 4.25. The van der Waals surface area contributed by atoms with Crippen molar-refractivity contribution in [2.45, 2.75) is 56.7 Å². The molecule has 0 spiro atoms. The summed E-state index contributed by atoms with van der Waals surface area (Å²) in [5.41, 5.74) is 1.49. The Bertz CT molecular complexity index is 203. The third-order valence-electron chi connectivity index (χ3n) is 4.03. The molecule has 0 aromatic heterocycles. The van der Waals surface area contributed by atoms with Crippen LogP contribution in [0, 0.1) is 11.8 Å². The van der Waals surface area contributed by atoms with Crippen molar-refractivity contribution in [3.63, 3.8) is 0 Å². The average molecular weight is 213 g/mol. The fraction of sp³-hybridized carbons (Fsp3) is 0.846. The predicted molar refractivity (Wildman–Crippen MR) is 62.7 cm³/mol. The second kappa shape index (κ2) is 4.70. The maximum absolute atomic E-state index is 6.25. The first kappa shape index (κ1) is 10.5. The first-order valence-electron chi connectivity index (χ1n) is 6.09. The van der Waals surface area contributed by atoms with E-state index in [9.17, 15) is 0 Å². The van der Waals surface area contributed by atoms with Gasteiger partial charge in [0.15, 0.2) is 0 Å². The van der Waals surface area contributed by atoms with Crippen LogP contribution in [-0.4, -0.2) is 5.38 Å². The van der Waals surface area contributed by atoms with Crippen molar-refractivity contribution in [3.05, 3.63) is 12.2 Å². The Hall–Kier alpha value is 0.0300. The second-order valence-corrected chi connectivity index (χ2v) is 5.65. The Labute approximate surface area is 92.7 Å². The molecule has 0 N–H and O–H groups in total. The smallest absolute Gasteiger partial charge is 0.0344 e. The van der Waals surface area contributed by atoms with E-state index < -0.39 is 0 Å². The molecular weight excluding hydrogens is 192 g/mol. The molecule has 0 aliphatic heterocycles. The molecule has 0 nitrogen and oxygen atoms in total. The molecule has 14 heavy (non-hydrogen) atoms. The molecule has 2 saturated carbocycles. The molecule has 0 bridgehead atoms. The fourth-order valence-electron chi connectivity index (χ4n) is 3.15. The summed E-state index contributed by atoms with van der Waals surface area (Å²) in [4.78, 5) is 0. The highest BCUT2D eigenvalue weighted by Gasteiger charge is 2.30. The monoisotopic (exact) mass is 212 g/mol. The lowest BCUT2D eigenvalue weighted by atomic mass is 9.71. The molecule has 2 fully saturated rings. The number of allylic oxidation sites excluding steroid dienone is 1. The van der Waals surface area contributed by atoms with Gasteiger partial charge < -0.3 is 0 Å². The highest BCUT2D eigenvalue weighted by atomic mass is 35.5. The summed E-state index contributed by atoms with van der Waals surface area (Å²) in [6, 6.07) is 0. The predicted octanol–water partition coefficient (Wildman–Crippen LogP) is 4.53. The number of halogens is 1. The zero-order chi connectivity index (χ0) is 9.97. The quantitative estimate of drug-likeness (QED) is 0.443. The van der Waals surface area contributed by atoms with Crippen molar-refractivity contribution in [2.75, 3.05) is 0 Å². The molecule has 2 aliphatic carbocycles. The summed E-state index contributed by atoms with van der Waals surface area (Å²) in [6.07, 6.45) is 10.7. The minimum Gasteiger partial charge on any atom is -0.123 e. The molecule has 2 aliphatic rings. The Morgan fingerprint density at radius 3 is 2.50 bits per heavy atom. The van der Waals surface area contributed by atoms with Crippen LogP contribution in [0.4, 0.5) is 0 Å². The first-order valence-corrected chi connectivity index (χ1v) is 6.53. The normalized spacial score (nSPS) is 35.9. The summed E-state index contributed by atoms with van der Waals surface area (Å²) in [5, 5.41) is 0.424. The van der Waals surface area contributed by atoms with Gasteiger partial charge in [-0.15, -0.1) is 11.6 Å². The van der Waals surface area contributed by atoms with E-state index in [2.05, 4.69) is 6.58 Å². The first-order chi connectivity index (χ1) is 6.77. The van der Waals surface area contributed by atoms with Gasteiger partial charge in [0.2, 0.25) is 0 Å². The largest absolute Gasteiger partial charge is 0.123 e. The van der Waals surface area contributed by atoms with Crippen LogP contribution in [-0.2, 0) is 0 Å². The third-order valence-corrected chi connectivity index (χ3v) is 4.43. The molecular formula is C13H21Cl. The summed E-state index contributed by atoms with van der Waals surface area (Å²) in [5.74, 6) is 1.67. The van der Waals surface area contributed by atoms with E-state index in [1.54, 1.807) is 0 Å². The molecule has 2 rings (SSSR count). The van der Waals surface area contributed by atoms with Gasteiger partial charge in [-0.25, -0.2) is 0 Å². The van der Waals surface area contributed by atoms with Gasteiger partial charge in [-0.3, -0.25) is 0 Å². The third kappa shape index (κ3) is 2.34. The van der Waals surface area contributed by atoms with Crippen LogP contribution in [0.5, 0.6) is 0 Å². The van der Waals surface area contributed by atoms with Crippen molar-refractivity contribution >= 4 is 11.6 Å². The van der Waals surface area contributed by atoms with Gasteiger partial charge >= 0.3 is 0 Å². The van der Waals surface area contributed by atoms with E-state index in [1.165, 1.54) is 50.5 Å². The summed E-state index contributed by atoms with van der Waals surface area (Å²) in [7, 11) is 0. The van der Waals surface area contributed by atoms with Crippen molar-refractivity contribution < 1.29 is 0 Å². The maximum atomic E-state index is 6.25. The highest BCUT2D eigenvalue weighted by Crippen LogP contribution is 2.41. The van der Waals surface area contributed by atoms with Gasteiger partial charge in [-0.1, -0.05) is 31.4 Å². The Kier molecular flexibility index (Phi) is 3.54. The van der Waals surface area contributed by atoms with Gasteiger partial charge in [0, 0.05) is 5.38 Å². The minimum atomic E-state index is 0.424. The molecule has 1 heteroatoms. The fourth-order valence-corrected chi connectivity index (χ4v) is 3.45. The minimum absolute atomic E-state index is 0.424. The van der Waals surface area contributed by atoms with E-state index >= 15 is 0 Å². The molecule has 0 radical (unpaired) electrons. The van der Waals surface area contributed by atoms with Crippen LogP contribution in [0.3, 0.4) is 0 Å². The maximum Gasteiger partial charge on any atom is 0.0344 e. The van der Waals surface area contributed by atoms with Crippen LogP contribution < -0.4 is 0 Å². The Balaban J connectivity index is 1.96. The lowest BCUT2D eigenvalue weighted by molar-refractivity contribution is 0.245. The van der Waals surface area contributed by atoms with Crippen molar-refractivity contribution in [1.82, 2.24) is 0 Å². The van der Waals surface area contributed by atoms with Gasteiger partial charge in [-0.2, -0.15) is 0 Å². The van der Waals surface area contributed by atoms with E-state index in [0.29, 0.717) is 5.38 Å². The number of rotatable bonds is 1. The SMILES string of the molecule is C=C1CCC(Cl)CC1C1CCCCC1. The van der Waals surface area contributed by atoms with E-state index in [-0.39, 0.29) is 0 Å². The average Bonchev–Trinajstić information content (AvgIpc) is 2.23. The van der Waals surface area contributed by atoms with Crippen LogP contribution >= 0.6 is 11.6 Å². The molecule has 0 heterocycles. The van der Waals surface area contributed by atoms with Gasteiger partial charge in [-0.05, 0) is 43.9 Å². The lowest BCUT2D eigenvalue weighted by Crippen LogP contribution is -2.26. The number of alkyl halides is 1. The molecule has 2 unspecified atom stereocenters. The Morgan fingerprint density at radius 1 is 1.07 bits per heavy atom. The van der Waals surface area contributed by atoms with E-state index in [4.69, 9.17) is 11.6 Å². The van der Waals surface area contributed by atoms with Gasteiger partial charge in [0.25, 0.3) is 0 Å². The van der Waals surface area contributed by atoms with Crippen molar-refractivity contribution in [2.24, 2.45) is 11.8 Å². The van der Waals surface area contributed by atoms with E-state index in [1.807, 2.05) is 0 Å². The zero-order valence-electron chi connectivity index (χ0n) is 8.97. The van der Waals surface area contributed by atoms with Gasteiger partial charge in [0.05, 0.1) is 0 Å². The summed E-state index contributed by atoms with van der Waals surface area (Å²) < 4.78 is 0. The van der Waals surface area contributed by atoms with Crippen LogP contribution in [0.1, 0.15) is 51.4 Å². The molecule has 80 valence electrons. The molecule has 0 amide bonds. The van der Waals surface area contributed by atoms with Gasteiger partial charge in [0.1, 0.15) is 0 Å². The van der Waals surface area contributed by atoms with Crippen LogP contribution in [0.15, 0.2) is 12.2 Å². The number of hydrogen-bond acceptors (Lipinski definition) is 0. The second-order valence-electron chi connectivity index (χ2n) is 5.03.